The zero-order valence-electron chi connectivity index (χ0n) is 17.0. The quantitative estimate of drug-likeness (QED) is 0.573. The van der Waals surface area contributed by atoms with E-state index < -0.39 is 11.9 Å². The summed E-state index contributed by atoms with van der Waals surface area (Å²) in [6, 6.07) is 6.07. The molecule has 0 amide bonds. The highest BCUT2D eigenvalue weighted by Gasteiger charge is 2.36. The molecule has 0 unspecified atom stereocenters. The molecule has 1 fully saturated rings. The largest absolute Gasteiger partial charge is 0.433 e. The van der Waals surface area contributed by atoms with E-state index in [1.165, 1.54) is 18.6 Å². The number of aromatic nitrogens is 4. The van der Waals surface area contributed by atoms with Gasteiger partial charge in [-0.15, -0.1) is 0 Å². The van der Waals surface area contributed by atoms with Gasteiger partial charge in [0.15, 0.2) is 0 Å². The molecule has 1 N–H and O–H groups in total. The van der Waals surface area contributed by atoms with Crippen molar-refractivity contribution in [3.8, 4) is 0 Å². The first kappa shape index (κ1) is 20.9. The first-order valence-electron chi connectivity index (χ1n) is 10.4. The minimum Gasteiger partial charge on any atom is -0.363 e. The fourth-order valence-electron chi connectivity index (χ4n) is 4.02. The van der Waals surface area contributed by atoms with E-state index >= 15 is 0 Å². The van der Waals surface area contributed by atoms with Crippen molar-refractivity contribution in [2.45, 2.75) is 38.0 Å². The van der Waals surface area contributed by atoms with Crippen LogP contribution < -0.4 is 10.2 Å². The first-order chi connectivity index (χ1) is 15.4. The Labute approximate surface area is 187 Å². The maximum Gasteiger partial charge on any atom is 0.433 e. The summed E-state index contributed by atoms with van der Waals surface area (Å²) in [6.07, 6.45) is 2.77. The van der Waals surface area contributed by atoms with E-state index in [4.69, 9.17) is 11.6 Å². The van der Waals surface area contributed by atoms with Crippen LogP contribution in [0.3, 0.4) is 0 Å². The molecule has 1 atom stereocenters. The summed E-state index contributed by atoms with van der Waals surface area (Å²) in [4.78, 5) is 19.1. The number of pyridine rings is 2. The smallest absolute Gasteiger partial charge is 0.363 e. The van der Waals surface area contributed by atoms with Crippen LogP contribution in [0, 0.1) is 5.92 Å². The van der Waals surface area contributed by atoms with Gasteiger partial charge in [-0.1, -0.05) is 17.7 Å². The van der Waals surface area contributed by atoms with Gasteiger partial charge in [0, 0.05) is 37.5 Å². The monoisotopic (exact) mass is 460 g/mol. The Bertz CT molecular complexity index is 1100. The molecule has 4 heterocycles. The normalized spacial score (nSPS) is 17.1. The van der Waals surface area contributed by atoms with Crippen LogP contribution in [0.1, 0.15) is 41.4 Å². The van der Waals surface area contributed by atoms with Crippen molar-refractivity contribution in [2.24, 2.45) is 5.92 Å². The van der Waals surface area contributed by atoms with Gasteiger partial charge in [-0.05, 0) is 42.5 Å². The summed E-state index contributed by atoms with van der Waals surface area (Å²) >= 11 is 5.96. The Morgan fingerprint density at radius 2 is 1.88 bits per heavy atom. The van der Waals surface area contributed by atoms with Gasteiger partial charge < -0.3 is 10.2 Å². The van der Waals surface area contributed by atoms with E-state index in [0.29, 0.717) is 23.3 Å². The van der Waals surface area contributed by atoms with Gasteiger partial charge in [0.1, 0.15) is 23.7 Å². The molecule has 3 aromatic rings. The highest BCUT2D eigenvalue weighted by molar-refractivity contribution is 6.30. The van der Waals surface area contributed by atoms with Crippen molar-refractivity contribution < 1.29 is 13.2 Å². The van der Waals surface area contributed by atoms with Crippen LogP contribution in [-0.2, 0) is 19.1 Å². The van der Waals surface area contributed by atoms with Gasteiger partial charge in [0.25, 0.3) is 0 Å². The number of nitrogens with zero attached hydrogens (tertiary/aromatic N) is 5. The molecule has 0 radical (unpaired) electrons. The van der Waals surface area contributed by atoms with Crippen LogP contribution in [0.25, 0.3) is 0 Å². The number of nitrogens with one attached hydrogen (secondary N) is 1. The van der Waals surface area contributed by atoms with Gasteiger partial charge in [-0.2, -0.15) is 13.2 Å². The van der Waals surface area contributed by atoms with Crippen molar-refractivity contribution in [3.05, 3.63) is 70.5 Å². The molecular formula is C22H20ClF3N6. The summed E-state index contributed by atoms with van der Waals surface area (Å²) in [7, 11) is 0. The molecular weight excluding hydrogens is 441 g/mol. The summed E-state index contributed by atoms with van der Waals surface area (Å²) in [6.45, 7) is 1.35. The standard InChI is InChI=1S/C22H20ClF3N6/c23-15-4-6-19(28-10-15)32-8-7-17-16(11-32)21(30-12-29-17)31-20(13-1-2-13)14-3-5-18(27-9-14)22(24,25)26/h3-6,9-10,12-13,20H,1-2,7-8,11H2,(H,29,30,31)/t20-/m0/s1. The highest BCUT2D eigenvalue weighted by Crippen LogP contribution is 2.43. The van der Waals surface area contributed by atoms with E-state index in [1.807, 2.05) is 6.07 Å². The number of hydrogen-bond acceptors (Lipinski definition) is 6. The zero-order valence-corrected chi connectivity index (χ0v) is 17.7. The molecule has 0 spiro atoms. The SMILES string of the molecule is FC(F)(F)c1ccc([C@@H](Nc2ncnc3c2CN(c2ccc(Cl)cn2)CC3)C2CC2)cn1. The maximum absolute atomic E-state index is 12.9. The van der Waals surface area contributed by atoms with Crippen molar-refractivity contribution in [1.82, 2.24) is 19.9 Å². The lowest BCUT2D eigenvalue weighted by Gasteiger charge is -2.31. The van der Waals surface area contributed by atoms with Crippen LogP contribution in [-0.4, -0.2) is 26.5 Å². The van der Waals surface area contributed by atoms with E-state index in [1.54, 1.807) is 12.3 Å². The minimum atomic E-state index is -4.45. The molecule has 5 rings (SSSR count). The van der Waals surface area contributed by atoms with Gasteiger partial charge in [-0.3, -0.25) is 4.98 Å². The first-order valence-corrected chi connectivity index (χ1v) is 10.8. The lowest BCUT2D eigenvalue weighted by molar-refractivity contribution is -0.141. The second kappa shape index (κ2) is 8.20. The maximum atomic E-state index is 12.9. The van der Waals surface area contributed by atoms with E-state index in [-0.39, 0.29) is 6.04 Å². The number of hydrogen-bond donors (Lipinski definition) is 1. The molecule has 2 aliphatic rings. The number of anilines is 2. The Morgan fingerprint density at radius 3 is 2.53 bits per heavy atom. The van der Waals surface area contributed by atoms with E-state index in [0.717, 1.165) is 54.5 Å². The van der Waals surface area contributed by atoms with Gasteiger partial charge >= 0.3 is 6.18 Å². The summed E-state index contributed by atoms with van der Waals surface area (Å²) < 4.78 is 38.7. The van der Waals surface area contributed by atoms with Gasteiger partial charge in [0.2, 0.25) is 0 Å². The number of halogens is 4. The summed E-state index contributed by atoms with van der Waals surface area (Å²) in [5.74, 6) is 1.85. The van der Waals surface area contributed by atoms with Crippen LogP contribution in [0.15, 0.2) is 43.0 Å². The van der Waals surface area contributed by atoms with Gasteiger partial charge in [0.05, 0.1) is 16.8 Å². The average Bonchev–Trinajstić information content (AvgIpc) is 3.62. The molecule has 0 saturated heterocycles. The van der Waals surface area contributed by atoms with Crippen molar-refractivity contribution in [1.29, 1.82) is 0 Å². The molecule has 1 saturated carbocycles. The third kappa shape index (κ3) is 4.34. The predicted molar refractivity (Wildman–Crippen MR) is 114 cm³/mol. The molecule has 0 bridgehead atoms. The van der Waals surface area contributed by atoms with Gasteiger partial charge in [-0.25, -0.2) is 15.0 Å². The zero-order chi connectivity index (χ0) is 22.3. The molecule has 166 valence electrons. The molecule has 32 heavy (non-hydrogen) atoms. The number of fused-ring (bicyclic) bond motifs is 1. The Balaban J connectivity index is 1.41. The fourth-order valence-corrected chi connectivity index (χ4v) is 4.14. The number of rotatable bonds is 5. The minimum absolute atomic E-state index is 0.159. The fraction of sp³-hybridized carbons (Fsp3) is 0.364. The van der Waals surface area contributed by atoms with Crippen LogP contribution >= 0.6 is 11.6 Å². The van der Waals surface area contributed by atoms with Crippen molar-refractivity contribution in [3.63, 3.8) is 0 Å². The highest BCUT2D eigenvalue weighted by atomic mass is 35.5. The second-order valence-electron chi connectivity index (χ2n) is 8.09. The predicted octanol–water partition coefficient (Wildman–Crippen LogP) is 5.06. The average molecular weight is 461 g/mol. The molecule has 3 aromatic heterocycles. The molecule has 1 aliphatic carbocycles. The molecule has 1 aliphatic heterocycles. The van der Waals surface area contributed by atoms with E-state index in [9.17, 15) is 13.2 Å². The molecule has 6 nitrogen and oxygen atoms in total. The lowest BCUT2D eigenvalue weighted by atomic mass is 10.0. The summed E-state index contributed by atoms with van der Waals surface area (Å²) in [5, 5.41) is 4.06. The Hall–Kier alpha value is -2.94. The number of alkyl halides is 3. The summed E-state index contributed by atoms with van der Waals surface area (Å²) in [5.41, 5.74) is 1.77. The molecule has 10 heteroatoms. The Morgan fingerprint density at radius 1 is 1.03 bits per heavy atom. The van der Waals surface area contributed by atoms with E-state index in [2.05, 4.69) is 30.2 Å². The topological polar surface area (TPSA) is 66.8 Å². The second-order valence-corrected chi connectivity index (χ2v) is 8.52. The van der Waals surface area contributed by atoms with Crippen LogP contribution in [0.5, 0.6) is 0 Å². The van der Waals surface area contributed by atoms with Crippen molar-refractivity contribution in [2.75, 3.05) is 16.8 Å². The van der Waals surface area contributed by atoms with Crippen LogP contribution in [0.2, 0.25) is 5.02 Å². The third-order valence-electron chi connectivity index (χ3n) is 5.86. The third-order valence-corrected chi connectivity index (χ3v) is 6.08. The van der Waals surface area contributed by atoms with Crippen LogP contribution in [0.4, 0.5) is 24.8 Å². The van der Waals surface area contributed by atoms with Crippen molar-refractivity contribution >= 4 is 23.2 Å². The lowest BCUT2D eigenvalue weighted by Crippen LogP contribution is -2.32. The Kier molecular flexibility index (Phi) is 5.36. The molecule has 0 aromatic carbocycles.